The number of amides is 1. The highest BCUT2D eigenvalue weighted by molar-refractivity contribution is 7.18. The molecule has 2 aromatic rings. The number of fused-ring (bicyclic) bond motifs is 1. The molecule has 1 fully saturated rings. The minimum atomic E-state index is -0.892. The van der Waals surface area contributed by atoms with Crippen LogP contribution in [-0.2, 0) is 20.9 Å². The first-order valence-corrected chi connectivity index (χ1v) is 10.1. The van der Waals surface area contributed by atoms with Gasteiger partial charge in [0, 0.05) is 10.9 Å². The highest BCUT2D eigenvalue weighted by atomic mass is 32.1. The third-order valence-corrected chi connectivity index (χ3v) is 6.20. The number of hydrogen-bond donors (Lipinski definition) is 1. The number of nitrogens with zero attached hydrogens (tertiary/aromatic N) is 2. The van der Waals surface area contributed by atoms with Crippen LogP contribution in [0, 0.1) is 13.8 Å². The van der Waals surface area contributed by atoms with Gasteiger partial charge in [-0.05, 0) is 39.2 Å². The van der Waals surface area contributed by atoms with Crippen molar-refractivity contribution in [2.24, 2.45) is 0 Å². The molecule has 1 atom stereocenters. The van der Waals surface area contributed by atoms with Crippen molar-refractivity contribution in [3.8, 4) is 0 Å². The molecule has 2 heterocycles. The van der Waals surface area contributed by atoms with Crippen molar-refractivity contribution in [1.29, 1.82) is 0 Å². The molecule has 1 saturated carbocycles. The summed E-state index contributed by atoms with van der Waals surface area (Å²) < 4.78 is 6.46. The lowest BCUT2D eigenvalue weighted by molar-refractivity contribution is -0.155. The lowest BCUT2D eigenvalue weighted by Gasteiger charge is -2.24. The first-order valence-electron chi connectivity index (χ1n) is 9.32. The van der Waals surface area contributed by atoms with Crippen molar-refractivity contribution in [2.75, 3.05) is 0 Å². The van der Waals surface area contributed by atoms with E-state index in [-0.39, 0.29) is 24.1 Å². The van der Waals surface area contributed by atoms with Gasteiger partial charge in [0.15, 0.2) is 6.10 Å². The third kappa shape index (κ3) is 4.37. The number of ether oxygens (including phenoxy) is 1. The van der Waals surface area contributed by atoms with Crippen molar-refractivity contribution in [3.63, 3.8) is 0 Å². The highest BCUT2D eigenvalue weighted by Crippen LogP contribution is 2.25. The number of thiophene rings is 1. The van der Waals surface area contributed by atoms with Crippen molar-refractivity contribution < 1.29 is 14.3 Å². The zero-order chi connectivity index (χ0) is 19.6. The molecule has 27 heavy (non-hydrogen) atoms. The number of carbonyl (C=O) groups excluding carboxylic acids is 2. The van der Waals surface area contributed by atoms with E-state index in [0.717, 1.165) is 36.1 Å². The van der Waals surface area contributed by atoms with Crippen molar-refractivity contribution in [3.05, 3.63) is 27.1 Å². The Labute approximate surface area is 161 Å². The summed E-state index contributed by atoms with van der Waals surface area (Å²) in [6, 6.07) is 0.159. The van der Waals surface area contributed by atoms with Crippen molar-refractivity contribution in [1.82, 2.24) is 14.9 Å². The second-order valence-electron chi connectivity index (χ2n) is 7.12. The lowest BCUT2D eigenvalue weighted by Crippen LogP contribution is -2.43. The Morgan fingerprint density at radius 2 is 2.04 bits per heavy atom. The van der Waals surface area contributed by atoms with E-state index in [2.05, 4.69) is 10.3 Å². The fourth-order valence-electron chi connectivity index (χ4n) is 3.38. The van der Waals surface area contributed by atoms with E-state index < -0.39 is 12.1 Å². The van der Waals surface area contributed by atoms with Gasteiger partial charge in [0.25, 0.3) is 11.5 Å². The van der Waals surface area contributed by atoms with Gasteiger partial charge in [-0.3, -0.25) is 19.0 Å². The molecule has 0 aliphatic heterocycles. The van der Waals surface area contributed by atoms with Gasteiger partial charge in [0.1, 0.15) is 11.4 Å². The summed E-state index contributed by atoms with van der Waals surface area (Å²) in [7, 11) is 0. The zero-order valence-electron chi connectivity index (χ0n) is 15.9. The molecule has 1 aliphatic rings. The fraction of sp³-hybridized carbons (Fsp3) is 0.579. The van der Waals surface area contributed by atoms with Crippen LogP contribution in [0.1, 0.15) is 49.5 Å². The second kappa shape index (κ2) is 8.21. The Morgan fingerprint density at radius 1 is 1.33 bits per heavy atom. The van der Waals surface area contributed by atoms with Crippen LogP contribution in [0.5, 0.6) is 0 Å². The molecule has 0 bridgehead atoms. The first kappa shape index (κ1) is 19.5. The van der Waals surface area contributed by atoms with Crippen LogP contribution >= 0.6 is 11.3 Å². The van der Waals surface area contributed by atoms with E-state index in [4.69, 9.17) is 4.74 Å². The molecule has 1 amide bonds. The SMILES string of the molecule is Cc1sc2ncn(CC(=O)O[C@@H](C)C(=O)NC3CCCCC3)c(=O)c2c1C. The van der Waals surface area contributed by atoms with Gasteiger partial charge < -0.3 is 10.1 Å². The normalized spacial score (nSPS) is 16.3. The van der Waals surface area contributed by atoms with Gasteiger partial charge in [0.05, 0.1) is 11.7 Å². The summed E-state index contributed by atoms with van der Waals surface area (Å²) in [5.41, 5.74) is 0.619. The summed E-state index contributed by atoms with van der Waals surface area (Å²) in [5.74, 6) is -0.922. The van der Waals surface area contributed by atoms with Crippen LogP contribution in [0.4, 0.5) is 0 Å². The highest BCUT2D eigenvalue weighted by Gasteiger charge is 2.23. The fourth-order valence-corrected chi connectivity index (χ4v) is 4.36. The van der Waals surface area contributed by atoms with Crippen LogP contribution in [0.25, 0.3) is 10.2 Å². The van der Waals surface area contributed by atoms with Gasteiger partial charge >= 0.3 is 5.97 Å². The predicted molar refractivity (Wildman–Crippen MR) is 104 cm³/mol. The number of aryl methyl sites for hydroxylation is 2. The summed E-state index contributed by atoms with van der Waals surface area (Å²) in [6.45, 7) is 5.09. The van der Waals surface area contributed by atoms with Gasteiger partial charge in [-0.25, -0.2) is 4.98 Å². The number of hydrogen-bond acceptors (Lipinski definition) is 6. The molecular formula is C19H25N3O4S. The van der Waals surface area contributed by atoms with Crippen LogP contribution in [0.2, 0.25) is 0 Å². The summed E-state index contributed by atoms with van der Waals surface area (Å²) in [6.07, 6.45) is 5.82. The smallest absolute Gasteiger partial charge is 0.326 e. The Morgan fingerprint density at radius 3 is 2.74 bits per heavy atom. The molecule has 0 saturated heterocycles. The van der Waals surface area contributed by atoms with Crippen LogP contribution in [0.3, 0.4) is 0 Å². The van der Waals surface area contributed by atoms with E-state index in [1.54, 1.807) is 6.92 Å². The van der Waals surface area contributed by atoms with Crippen LogP contribution in [-0.4, -0.2) is 33.6 Å². The van der Waals surface area contributed by atoms with Gasteiger partial charge in [-0.1, -0.05) is 19.3 Å². The maximum Gasteiger partial charge on any atom is 0.326 e. The maximum atomic E-state index is 12.6. The Bertz CT molecular complexity index is 912. The van der Waals surface area contributed by atoms with E-state index in [1.165, 1.54) is 28.7 Å². The number of esters is 1. The van der Waals surface area contributed by atoms with E-state index in [0.29, 0.717) is 10.2 Å². The molecule has 2 aromatic heterocycles. The number of aromatic nitrogens is 2. The molecule has 0 unspecified atom stereocenters. The average Bonchev–Trinajstić information content (AvgIpc) is 2.93. The number of nitrogens with one attached hydrogen (secondary N) is 1. The standard InChI is InChI=1S/C19H25N3O4S/c1-11-13(3)27-18-16(11)19(25)22(10-20-18)9-15(23)26-12(2)17(24)21-14-7-5-4-6-8-14/h10,12,14H,4-9H2,1-3H3,(H,21,24)/t12-/m0/s1. The number of carbonyl (C=O) groups is 2. The largest absolute Gasteiger partial charge is 0.451 e. The zero-order valence-corrected chi connectivity index (χ0v) is 16.7. The first-order chi connectivity index (χ1) is 12.9. The molecule has 3 rings (SSSR count). The second-order valence-corrected chi connectivity index (χ2v) is 8.32. The molecule has 8 heteroatoms. The minimum Gasteiger partial charge on any atom is -0.451 e. The Balaban J connectivity index is 1.62. The van der Waals surface area contributed by atoms with Crippen LogP contribution < -0.4 is 10.9 Å². The average molecular weight is 391 g/mol. The molecule has 0 radical (unpaired) electrons. The monoisotopic (exact) mass is 391 g/mol. The molecule has 7 nitrogen and oxygen atoms in total. The van der Waals surface area contributed by atoms with E-state index in [9.17, 15) is 14.4 Å². The molecule has 1 N–H and O–H groups in total. The van der Waals surface area contributed by atoms with Crippen molar-refractivity contribution >= 4 is 33.4 Å². The minimum absolute atomic E-state index is 0.159. The number of rotatable bonds is 5. The molecule has 0 spiro atoms. The lowest BCUT2D eigenvalue weighted by atomic mass is 9.95. The molecular weight excluding hydrogens is 366 g/mol. The van der Waals surface area contributed by atoms with Crippen LogP contribution in [0.15, 0.2) is 11.1 Å². The molecule has 1 aliphatic carbocycles. The maximum absolute atomic E-state index is 12.6. The summed E-state index contributed by atoms with van der Waals surface area (Å²) in [5, 5.41) is 3.48. The van der Waals surface area contributed by atoms with Crippen molar-refractivity contribution in [2.45, 2.75) is 71.6 Å². The van der Waals surface area contributed by atoms with Gasteiger partial charge in [-0.15, -0.1) is 11.3 Å². The van der Waals surface area contributed by atoms with Gasteiger partial charge in [0.2, 0.25) is 0 Å². The van der Waals surface area contributed by atoms with E-state index >= 15 is 0 Å². The molecule has 0 aromatic carbocycles. The topological polar surface area (TPSA) is 90.3 Å². The quantitative estimate of drug-likeness (QED) is 0.791. The van der Waals surface area contributed by atoms with E-state index in [1.807, 2.05) is 13.8 Å². The molecule has 146 valence electrons. The third-order valence-electron chi connectivity index (χ3n) is 5.08. The Hall–Kier alpha value is -2.22. The summed E-state index contributed by atoms with van der Waals surface area (Å²) >= 11 is 1.46. The van der Waals surface area contributed by atoms with Gasteiger partial charge in [-0.2, -0.15) is 0 Å². The Kier molecular flexibility index (Phi) is 5.94. The predicted octanol–water partition coefficient (Wildman–Crippen LogP) is 2.46. The summed E-state index contributed by atoms with van der Waals surface area (Å²) in [4.78, 5) is 43.0.